The third-order valence-electron chi connectivity index (χ3n) is 3.54. The Morgan fingerprint density at radius 2 is 1.57 bits per heavy atom. The zero-order valence-corrected chi connectivity index (χ0v) is 14.0. The molecule has 0 saturated carbocycles. The Kier molecular flexibility index (Phi) is 5.22. The molecular formula is C20H22O3. The highest BCUT2D eigenvalue weighted by atomic mass is 16.5. The largest absolute Gasteiger partial charge is 0.497 e. The molecule has 0 N–H and O–H groups in total. The summed E-state index contributed by atoms with van der Waals surface area (Å²) in [6, 6.07) is 15.0. The first-order valence-electron chi connectivity index (χ1n) is 7.52. The molecule has 0 aliphatic heterocycles. The second-order valence-electron chi connectivity index (χ2n) is 6.31. The molecule has 0 spiro atoms. The maximum Gasteiger partial charge on any atom is 0.342 e. The van der Waals surface area contributed by atoms with Crippen LogP contribution in [0.4, 0.5) is 0 Å². The Morgan fingerprint density at radius 3 is 2.09 bits per heavy atom. The van der Waals surface area contributed by atoms with Crippen molar-refractivity contribution in [2.45, 2.75) is 26.2 Å². The van der Waals surface area contributed by atoms with Crippen LogP contribution in [0.5, 0.6) is 5.75 Å². The fourth-order valence-electron chi connectivity index (χ4n) is 2.06. The van der Waals surface area contributed by atoms with Crippen molar-refractivity contribution in [3.05, 3.63) is 71.5 Å². The molecule has 0 bridgehead atoms. The number of hydrogen-bond donors (Lipinski definition) is 0. The standard InChI is InChI=1S/C20H22O3/c1-20(2,3)17-9-5-15(6-10-17)13-14-23-19(21)16-7-11-18(22-4)12-8-16/h5-14H,1-4H3. The lowest BCUT2D eigenvalue weighted by molar-refractivity contribution is 0.0665. The first kappa shape index (κ1) is 16.8. The van der Waals surface area contributed by atoms with Crippen molar-refractivity contribution in [1.82, 2.24) is 0 Å². The molecule has 0 aliphatic rings. The van der Waals surface area contributed by atoms with Crippen LogP contribution in [0.15, 0.2) is 54.8 Å². The summed E-state index contributed by atoms with van der Waals surface area (Å²) in [6.45, 7) is 6.53. The van der Waals surface area contributed by atoms with E-state index in [9.17, 15) is 4.79 Å². The van der Waals surface area contributed by atoms with Crippen molar-refractivity contribution in [2.75, 3.05) is 7.11 Å². The van der Waals surface area contributed by atoms with E-state index < -0.39 is 5.97 Å². The molecule has 23 heavy (non-hydrogen) atoms. The van der Waals surface area contributed by atoms with Crippen LogP contribution in [0.25, 0.3) is 6.08 Å². The van der Waals surface area contributed by atoms with Crippen LogP contribution in [0.3, 0.4) is 0 Å². The summed E-state index contributed by atoms with van der Waals surface area (Å²) in [6.07, 6.45) is 3.19. The van der Waals surface area contributed by atoms with Crippen LogP contribution in [-0.4, -0.2) is 13.1 Å². The van der Waals surface area contributed by atoms with E-state index in [1.165, 1.54) is 11.8 Å². The van der Waals surface area contributed by atoms with E-state index in [2.05, 4.69) is 32.9 Å². The molecule has 0 atom stereocenters. The minimum Gasteiger partial charge on any atom is -0.497 e. The summed E-state index contributed by atoms with van der Waals surface area (Å²) >= 11 is 0. The van der Waals surface area contributed by atoms with Gasteiger partial charge in [-0.2, -0.15) is 0 Å². The molecule has 3 heteroatoms. The van der Waals surface area contributed by atoms with E-state index in [1.807, 2.05) is 12.1 Å². The Labute approximate surface area is 137 Å². The van der Waals surface area contributed by atoms with Gasteiger partial charge in [0.15, 0.2) is 0 Å². The van der Waals surface area contributed by atoms with Gasteiger partial charge in [-0.05, 0) is 46.9 Å². The molecule has 0 heterocycles. The van der Waals surface area contributed by atoms with Crippen molar-refractivity contribution < 1.29 is 14.3 Å². The minimum absolute atomic E-state index is 0.128. The molecule has 0 aliphatic carbocycles. The minimum atomic E-state index is -0.393. The molecule has 120 valence electrons. The van der Waals surface area contributed by atoms with Gasteiger partial charge < -0.3 is 9.47 Å². The highest BCUT2D eigenvalue weighted by Crippen LogP contribution is 2.22. The van der Waals surface area contributed by atoms with Crippen LogP contribution in [0.1, 0.15) is 42.3 Å². The Bertz CT molecular complexity index is 674. The van der Waals surface area contributed by atoms with Crippen molar-refractivity contribution in [3.8, 4) is 5.75 Å². The van der Waals surface area contributed by atoms with Crippen LogP contribution in [0, 0.1) is 0 Å². The highest BCUT2D eigenvalue weighted by molar-refractivity contribution is 5.90. The molecule has 2 aromatic rings. The van der Waals surface area contributed by atoms with Gasteiger partial charge in [-0.3, -0.25) is 0 Å². The third kappa shape index (κ3) is 4.71. The zero-order chi connectivity index (χ0) is 16.9. The van der Waals surface area contributed by atoms with Crippen molar-refractivity contribution in [3.63, 3.8) is 0 Å². The van der Waals surface area contributed by atoms with E-state index in [4.69, 9.17) is 9.47 Å². The van der Waals surface area contributed by atoms with E-state index in [0.29, 0.717) is 11.3 Å². The normalized spacial score (nSPS) is 11.5. The average Bonchev–Trinajstić information content (AvgIpc) is 2.54. The second-order valence-corrected chi connectivity index (χ2v) is 6.31. The first-order valence-corrected chi connectivity index (χ1v) is 7.52. The van der Waals surface area contributed by atoms with Gasteiger partial charge in [0.2, 0.25) is 0 Å². The summed E-state index contributed by atoms with van der Waals surface area (Å²) in [7, 11) is 1.58. The second kappa shape index (κ2) is 7.14. The van der Waals surface area contributed by atoms with Crippen molar-refractivity contribution in [1.29, 1.82) is 0 Å². The molecule has 0 saturated heterocycles. The number of carbonyl (C=O) groups excluding carboxylic acids is 1. The topological polar surface area (TPSA) is 35.5 Å². The monoisotopic (exact) mass is 310 g/mol. The Balaban J connectivity index is 1.96. The molecule has 0 amide bonds. The number of benzene rings is 2. The molecule has 2 aromatic carbocycles. The first-order chi connectivity index (χ1) is 10.9. The van der Waals surface area contributed by atoms with Gasteiger partial charge in [0.1, 0.15) is 5.75 Å². The van der Waals surface area contributed by atoms with Crippen LogP contribution in [0.2, 0.25) is 0 Å². The van der Waals surface area contributed by atoms with Gasteiger partial charge in [0.05, 0.1) is 18.9 Å². The molecular weight excluding hydrogens is 288 g/mol. The lowest BCUT2D eigenvalue weighted by Gasteiger charge is -2.18. The number of rotatable bonds is 4. The molecule has 0 fully saturated rings. The highest BCUT2D eigenvalue weighted by Gasteiger charge is 2.12. The van der Waals surface area contributed by atoms with E-state index in [1.54, 1.807) is 37.5 Å². The fraction of sp³-hybridized carbons (Fsp3) is 0.250. The van der Waals surface area contributed by atoms with Gasteiger partial charge in [-0.15, -0.1) is 0 Å². The van der Waals surface area contributed by atoms with Crippen LogP contribution < -0.4 is 4.74 Å². The van der Waals surface area contributed by atoms with Gasteiger partial charge in [-0.1, -0.05) is 45.0 Å². The smallest absolute Gasteiger partial charge is 0.342 e. The van der Waals surface area contributed by atoms with E-state index in [0.717, 1.165) is 5.56 Å². The predicted octanol–water partition coefficient (Wildman–Crippen LogP) is 4.82. The lowest BCUT2D eigenvalue weighted by Crippen LogP contribution is -2.10. The van der Waals surface area contributed by atoms with Crippen LogP contribution >= 0.6 is 0 Å². The number of ether oxygens (including phenoxy) is 2. The maximum atomic E-state index is 11.9. The number of esters is 1. The van der Waals surface area contributed by atoms with Crippen molar-refractivity contribution in [2.24, 2.45) is 0 Å². The third-order valence-corrected chi connectivity index (χ3v) is 3.54. The summed E-state index contributed by atoms with van der Waals surface area (Å²) in [5, 5.41) is 0. The average molecular weight is 310 g/mol. The predicted molar refractivity (Wildman–Crippen MR) is 92.6 cm³/mol. The lowest BCUT2D eigenvalue weighted by atomic mass is 9.87. The zero-order valence-electron chi connectivity index (χ0n) is 14.0. The molecule has 0 aromatic heterocycles. The molecule has 0 unspecified atom stereocenters. The van der Waals surface area contributed by atoms with Crippen molar-refractivity contribution >= 4 is 12.0 Å². The van der Waals surface area contributed by atoms with E-state index in [-0.39, 0.29) is 5.41 Å². The maximum absolute atomic E-state index is 11.9. The Morgan fingerprint density at radius 1 is 0.957 bits per heavy atom. The number of carbonyl (C=O) groups is 1. The fourth-order valence-corrected chi connectivity index (χ4v) is 2.06. The van der Waals surface area contributed by atoms with Gasteiger partial charge in [0, 0.05) is 0 Å². The molecule has 3 nitrogen and oxygen atoms in total. The summed E-state index contributed by atoms with van der Waals surface area (Å²) < 4.78 is 10.2. The molecule has 0 radical (unpaired) electrons. The van der Waals surface area contributed by atoms with E-state index >= 15 is 0 Å². The summed E-state index contributed by atoms with van der Waals surface area (Å²) in [4.78, 5) is 11.9. The van der Waals surface area contributed by atoms with Gasteiger partial charge in [0.25, 0.3) is 0 Å². The Hall–Kier alpha value is -2.55. The number of methoxy groups -OCH3 is 1. The van der Waals surface area contributed by atoms with Gasteiger partial charge >= 0.3 is 5.97 Å². The quantitative estimate of drug-likeness (QED) is 0.600. The SMILES string of the molecule is COc1ccc(C(=O)OC=Cc2ccc(C(C)(C)C)cc2)cc1. The molecule has 2 rings (SSSR count). The summed E-state index contributed by atoms with van der Waals surface area (Å²) in [5.41, 5.74) is 2.87. The van der Waals surface area contributed by atoms with Gasteiger partial charge in [-0.25, -0.2) is 4.79 Å². The summed E-state index contributed by atoms with van der Waals surface area (Å²) in [5.74, 6) is 0.311. The number of hydrogen-bond acceptors (Lipinski definition) is 3. The van der Waals surface area contributed by atoms with Crippen LogP contribution in [-0.2, 0) is 10.2 Å².